The van der Waals surface area contributed by atoms with Crippen LogP contribution in [-0.4, -0.2) is 24.0 Å². The second kappa shape index (κ2) is 8.06. The number of amides is 1. The Morgan fingerprint density at radius 1 is 1.37 bits per heavy atom. The van der Waals surface area contributed by atoms with Crippen LogP contribution in [0.3, 0.4) is 0 Å². The van der Waals surface area contributed by atoms with Crippen molar-refractivity contribution in [2.45, 2.75) is 26.4 Å². The van der Waals surface area contributed by atoms with Gasteiger partial charge in [-0.2, -0.15) is 0 Å². The zero-order valence-electron chi connectivity index (χ0n) is 11.3. The number of ether oxygens (including phenoxy) is 1. The number of hydrogen-bond acceptors (Lipinski definition) is 6. The molecule has 0 fully saturated rings. The third kappa shape index (κ3) is 10.4. The minimum absolute atomic E-state index is 0.0629. The molecule has 0 atom stereocenters. The molecule has 0 aliphatic carbocycles. The summed E-state index contributed by atoms with van der Waals surface area (Å²) in [7, 11) is 0. The zero-order valence-corrected chi connectivity index (χ0v) is 12.9. The Kier molecular flexibility index (Phi) is 7.55. The van der Waals surface area contributed by atoms with E-state index in [0.717, 1.165) is 0 Å². The van der Waals surface area contributed by atoms with Gasteiger partial charge in [-0.3, -0.25) is 0 Å². The van der Waals surface area contributed by atoms with Crippen LogP contribution in [0.15, 0.2) is 22.0 Å². The number of thioether (sulfide) groups is 1. The number of nitrogens with one attached hydrogen (secondary N) is 1. The van der Waals surface area contributed by atoms with Crippen molar-refractivity contribution >= 4 is 29.5 Å². The molecule has 6 nitrogen and oxygen atoms in total. The summed E-state index contributed by atoms with van der Waals surface area (Å²) in [5, 5.41) is 3.07. The van der Waals surface area contributed by atoms with E-state index in [0.29, 0.717) is 23.0 Å². The first kappa shape index (κ1) is 17.8. The van der Waals surface area contributed by atoms with Gasteiger partial charge in [0.15, 0.2) is 0 Å². The fourth-order valence-corrected chi connectivity index (χ4v) is 1.70. The Labute approximate surface area is 122 Å². The van der Waals surface area contributed by atoms with E-state index in [9.17, 15) is 4.79 Å². The highest BCUT2D eigenvalue weighted by atomic mass is 35.5. The summed E-state index contributed by atoms with van der Waals surface area (Å²) in [5.41, 5.74) is 16.4. The highest BCUT2D eigenvalue weighted by Crippen LogP contribution is 2.13. The normalized spacial score (nSPS) is 13.8. The van der Waals surface area contributed by atoms with Gasteiger partial charge in [-0.1, -0.05) is 11.6 Å². The lowest BCUT2D eigenvalue weighted by Crippen LogP contribution is -2.33. The van der Waals surface area contributed by atoms with Crippen molar-refractivity contribution in [2.24, 2.45) is 17.2 Å². The van der Waals surface area contributed by atoms with E-state index in [1.54, 1.807) is 20.8 Å². The predicted octanol–water partition coefficient (Wildman–Crippen LogP) is 1.37. The van der Waals surface area contributed by atoms with Gasteiger partial charge in [0, 0.05) is 12.3 Å². The van der Waals surface area contributed by atoms with Gasteiger partial charge in [0.05, 0.1) is 10.7 Å². The fraction of sp³-hybridized carbons (Fsp3) is 0.545. The first-order valence-corrected chi connectivity index (χ1v) is 6.95. The van der Waals surface area contributed by atoms with Crippen LogP contribution in [0.25, 0.3) is 0 Å². The highest BCUT2D eigenvalue weighted by Gasteiger charge is 2.15. The van der Waals surface area contributed by atoms with Gasteiger partial charge in [-0.15, -0.1) is 11.8 Å². The molecule has 0 aliphatic heterocycles. The number of carbonyl (C=O) groups is 1. The zero-order chi connectivity index (χ0) is 15.1. The molecular weight excluding hydrogens is 288 g/mol. The number of rotatable bonds is 5. The summed E-state index contributed by atoms with van der Waals surface area (Å²) in [6.07, 6.45) is 0.902. The molecular formula is C11H21ClN4O2S. The Hall–Kier alpha value is -1.21. The third-order valence-electron chi connectivity index (χ3n) is 1.61. The van der Waals surface area contributed by atoms with Crippen molar-refractivity contribution in [3.05, 3.63) is 22.0 Å². The average molecular weight is 309 g/mol. The van der Waals surface area contributed by atoms with Gasteiger partial charge in [0.1, 0.15) is 10.8 Å². The molecule has 0 unspecified atom stereocenters. The van der Waals surface area contributed by atoms with Crippen molar-refractivity contribution in [3.63, 3.8) is 0 Å². The SMILES string of the molecule is CC(C)(C)OC(=O)NCCS/C(N)=C(N)/C=C(\N)Cl. The minimum atomic E-state index is -0.511. The number of halogens is 1. The summed E-state index contributed by atoms with van der Waals surface area (Å²) < 4.78 is 5.07. The molecule has 0 rings (SSSR count). The molecule has 0 aromatic carbocycles. The van der Waals surface area contributed by atoms with Crippen LogP contribution in [0.2, 0.25) is 0 Å². The lowest BCUT2D eigenvalue weighted by Gasteiger charge is -2.19. The quantitative estimate of drug-likeness (QED) is 0.346. The van der Waals surface area contributed by atoms with Crippen LogP contribution in [0.1, 0.15) is 20.8 Å². The van der Waals surface area contributed by atoms with Gasteiger partial charge in [-0.25, -0.2) is 4.79 Å². The topological polar surface area (TPSA) is 116 Å². The maximum atomic E-state index is 11.3. The van der Waals surface area contributed by atoms with Crippen molar-refractivity contribution in [3.8, 4) is 0 Å². The molecule has 0 bridgehead atoms. The van der Waals surface area contributed by atoms with Crippen molar-refractivity contribution in [1.82, 2.24) is 5.32 Å². The van der Waals surface area contributed by atoms with E-state index in [4.69, 9.17) is 33.5 Å². The summed E-state index contributed by atoms with van der Waals surface area (Å²) in [6, 6.07) is 0. The van der Waals surface area contributed by atoms with Gasteiger partial charge in [0.2, 0.25) is 0 Å². The molecule has 7 N–H and O–H groups in total. The molecule has 0 aromatic heterocycles. The van der Waals surface area contributed by atoms with Gasteiger partial charge in [-0.05, 0) is 26.8 Å². The van der Waals surface area contributed by atoms with Crippen LogP contribution in [0, 0.1) is 0 Å². The average Bonchev–Trinajstić information content (AvgIpc) is 2.20. The van der Waals surface area contributed by atoms with Crippen molar-refractivity contribution in [1.29, 1.82) is 0 Å². The molecule has 0 saturated carbocycles. The molecule has 0 spiro atoms. The first-order chi connectivity index (χ1) is 8.61. The summed E-state index contributed by atoms with van der Waals surface area (Å²) >= 11 is 6.76. The summed E-state index contributed by atoms with van der Waals surface area (Å²) in [4.78, 5) is 11.3. The molecule has 1 amide bonds. The van der Waals surface area contributed by atoms with E-state index in [1.807, 2.05) is 0 Å². The maximum Gasteiger partial charge on any atom is 0.407 e. The standard InChI is InChI=1S/C11H21ClN4O2S/c1-11(2,3)18-10(17)16-4-5-19-9(15)7(13)6-8(12)14/h6H,4-5,13-15H2,1-3H3,(H,16,17)/b8-6-,9-7-. The largest absolute Gasteiger partial charge is 0.444 e. The smallest absolute Gasteiger partial charge is 0.407 e. The number of hydrogen-bond donors (Lipinski definition) is 4. The van der Waals surface area contributed by atoms with Crippen LogP contribution in [-0.2, 0) is 4.74 Å². The second-order valence-electron chi connectivity index (χ2n) is 4.63. The predicted molar refractivity (Wildman–Crippen MR) is 80.2 cm³/mol. The molecule has 0 saturated heterocycles. The maximum absolute atomic E-state index is 11.3. The Balaban J connectivity index is 3.99. The third-order valence-corrected chi connectivity index (χ3v) is 2.67. The van der Waals surface area contributed by atoms with E-state index in [-0.39, 0.29) is 5.16 Å². The monoisotopic (exact) mass is 308 g/mol. The molecule has 0 aromatic rings. The summed E-state index contributed by atoms with van der Waals surface area (Å²) in [5.74, 6) is 0.557. The molecule has 0 radical (unpaired) electrons. The van der Waals surface area contributed by atoms with Crippen LogP contribution < -0.4 is 22.5 Å². The van der Waals surface area contributed by atoms with Crippen LogP contribution >= 0.6 is 23.4 Å². The van der Waals surface area contributed by atoms with Crippen molar-refractivity contribution in [2.75, 3.05) is 12.3 Å². The molecule has 0 aliphatic rings. The van der Waals surface area contributed by atoms with E-state index in [1.165, 1.54) is 17.8 Å². The molecule has 8 heteroatoms. The van der Waals surface area contributed by atoms with Crippen LogP contribution in [0.4, 0.5) is 4.79 Å². The number of nitrogens with two attached hydrogens (primary N) is 3. The Morgan fingerprint density at radius 3 is 2.42 bits per heavy atom. The number of carbonyl (C=O) groups excluding carboxylic acids is 1. The van der Waals surface area contributed by atoms with Gasteiger partial charge < -0.3 is 27.3 Å². The summed E-state index contributed by atoms with van der Waals surface area (Å²) in [6.45, 7) is 5.80. The van der Waals surface area contributed by atoms with Crippen LogP contribution in [0.5, 0.6) is 0 Å². The Morgan fingerprint density at radius 2 is 1.95 bits per heavy atom. The Bertz CT molecular complexity index is 373. The first-order valence-electron chi connectivity index (χ1n) is 5.59. The second-order valence-corrected chi connectivity index (χ2v) is 6.20. The molecule has 19 heavy (non-hydrogen) atoms. The van der Waals surface area contributed by atoms with Crippen molar-refractivity contribution < 1.29 is 9.53 Å². The molecule has 110 valence electrons. The fourth-order valence-electron chi connectivity index (χ4n) is 0.931. The van der Waals surface area contributed by atoms with E-state index >= 15 is 0 Å². The highest BCUT2D eigenvalue weighted by molar-refractivity contribution is 8.03. The van der Waals surface area contributed by atoms with E-state index < -0.39 is 11.7 Å². The molecule has 0 heterocycles. The minimum Gasteiger partial charge on any atom is -0.444 e. The lowest BCUT2D eigenvalue weighted by atomic mass is 10.2. The van der Waals surface area contributed by atoms with Gasteiger partial charge in [0.25, 0.3) is 0 Å². The van der Waals surface area contributed by atoms with Gasteiger partial charge >= 0.3 is 6.09 Å². The van der Waals surface area contributed by atoms with E-state index in [2.05, 4.69) is 5.32 Å². The number of alkyl carbamates (subject to hydrolysis) is 1. The number of allylic oxidation sites excluding steroid dienone is 1. The lowest BCUT2D eigenvalue weighted by molar-refractivity contribution is 0.0531.